The molecule has 0 aliphatic rings. The number of aliphatic carboxylic acids is 2. The number of hydrogen-bond acceptors (Lipinski definition) is 7. The van der Waals surface area contributed by atoms with Gasteiger partial charge >= 0.3 is 11.9 Å². The minimum atomic E-state index is -1.23. The first kappa shape index (κ1) is 23.7. The van der Waals surface area contributed by atoms with Gasteiger partial charge in [0.15, 0.2) is 5.88 Å². The highest BCUT2D eigenvalue weighted by Gasteiger charge is 2.24. The summed E-state index contributed by atoms with van der Waals surface area (Å²) < 4.78 is 1.19. The topological polar surface area (TPSA) is 184 Å². The summed E-state index contributed by atoms with van der Waals surface area (Å²) in [5, 5.41) is 35.5. The number of carboxylic acids is 2. The molecule has 2 heterocycles. The van der Waals surface area contributed by atoms with Crippen LogP contribution in [0.4, 0.5) is 11.6 Å². The second-order valence-electron chi connectivity index (χ2n) is 8.77. The lowest BCUT2D eigenvalue weighted by Crippen LogP contribution is -2.19. The predicted octanol–water partition coefficient (Wildman–Crippen LogP) is 3.42. The largest absolute Gasteiger partial charge is 0.494 e. The van der Waals surface area contributed by atoms with Crippen molar-refractivity contribution in [3.8, 4) is 5.88 Å². The highest BCUT2D eigenvalue weighted by atomic mass is 16.4. The minimum absolute atomic E-state index is 0.0569. The first-order valence-electron chi connectivity index (χ1n) is 11.4. The second kappa shape index (κ2) is 9.19. The summed E-state index contributed by atoms with van der Waals surface area (Å²) >= 11 is 0. The Morgan fingerprint density at radius 1 is 1.05 bits per heavy atom. The number of nitrogens with zero attached hydrogens (tertiary/aromatic N) is 2. The van der Waals surface area contributed by atoms with Crippen molar-refractivity contribution in [2.24, 2.45) is 0 Å². The molecule has 11 heteroatoms. The van der Waals surface area contributed by atoms with Crippen LogP contribution in [0.3, 0.4) is 0 Å². The molecule has 0 bridgehead atoms. The van der Waals surface area contributed by atoms with Crippen molar-refractivity contribution >= 4 is 56.0 Å². The van der Waals surface area contributed by atoms with Crippen LogP contribution in [-0.2, 0) is 16.1 Å². The molecule has 5 aromatic rings. The molecule has 0 saturated carbocycles. The number of benzene rings is 3. The number of nitrogen functional groups attached to an aromatic ring is 1. The molecule has 0 saturated heterocycles. The minimum Gasteiger partial charge on any atom is -0.494 e. The number of carboxylic acid groups (broad SMARTS) is 2. The molecule has 11 nitrogen and oxygen atoms in total. The summed E-state index contributed by atoms with van der Waals surface area (Å²) in [7, 11) is 0. The van der Waals surface area contributed by atoms with Gasteiger partial charge in [-0.15, -0.1) is 0 Å². The van der Waals surface area contributed by atoms with Gasteiger partial charge in [0.25, 0.3) is 5.56 Å². The van der Waals surface area contributed by atoms with Gasteiger partial charge in [-0.25, -0.2) is 9.78 Å². The van der Waals surface area contributed by atoms with Gasteiger partial charge in [-0.3, -0.25) is 14.6 Å². The van der Waals surface area contributed by atoms with Crippen LogP contribution in [-0.4, -0.2) is 41.8 Å². The molecular formula is C26H23N5O6. The van der Waals surface area contributed by atoms with Gasteiger partial charge < -0.3 is 30.9 Å². The number of nitrogens with one attached hydrogen (secondary N) is 2. The maximum absolute atomic E-state index is 12.5. The number of anilines is 2. The summed E-state index contributed by atoms with van der Waals surface area (Å²) in [5.74, 6) is -2.52. The monoisotopic (exact) mass is 501 g/mol. The number of carbonyl (C=O) groups is 2. The van der Waals surface area contributed by atoms with Crippen molar-refractivity contribution in [3.63, 3.8) is 0 Å². The average Bonchev–Trinajstić information content (AvgIpc) is 3.17. The van der Waals surface area contributed by atoms with E-state index in [4.69, 9.17) is 10.8 Å². The van der Waals surface area contributed by atoms with Crippen LogP contribution < -0.4 is 16.6 Å². The van der Waals surface area contributed by atoms with Gasteiger partial charge in [0.2, 0.25) is 5.95 Å². The number of hydrogen-bond donors (Lipinski definition) is 6. The van der Waals surface area contributed by atoms with Crippen LogP contribution >= 0.6 is 0 Å². The van der Waals surface area contributed by atoms with Crippen LogP contribution in [0, 0.1) is 0 Å². The van der Waals surface area contributed by atoms with E-state index in [1.165, 1.54) is 10.8 Å². The molecule has 3 aromatic carbocycles. The Labute approximate surface area is 208 Å². The molecule has 5 rings (SSSR count). The second-order valence-corrected chi connectivity index (χ2v) is 8.77. The normalized spacial score (nSPS) is 12.2. The van der Waals surface area contributed by atoms with Crippen LogP contribution in [0.25, 0.3) is 32.4 Å². The number of fused-ring (bicyclic) bond motifs is 4. The van der Waals surface area contributed by atoms with E-state index < -0.39 is 18.0 Å². The maximum atomic E-state index is 12.5. The van der Waals surface area contributed by atoms with Crippen LogP contribution in [0.15, 0.2) is 59.5 Å². The third kappa shape index (κ3) is 4.49. The fraction of sp³-hybridized carbons (Fsp3) is 0.154. The number of rotatable bonds is 8. The van der Waals surface area contributed by atoms with Gasteiger partial charge in [-0.05, 0) is 53.1 Å². The van der Waals surface area contributed by atoms with E-state index in [1.54, 1.807) is 24.3 Å². The number of aromatic nitrogens is 3. The molecule has 2 aromatic heterocycles. The lowest BCUT2D eigenvalue weighted by Gasteiger charge is -2.14. The van der Waals surface area contributed by atoms with Crippen molar-refractivity contribution < 1.29 is 24.9 Å². The summed E-state index contributed by atoms with van der Waals surface area (Å²) in [6.07, 6.45) is 1.00. The molecule has 1 atom stereocenters. The quantitative estimate of drug-likeness (QED) is 0.173. The highest BCUT2D eigenvalue weighted by molar-refractivity contribution is 6.06. The van der Waals surface area contributed by atoms with Crippen LogP contribution in [0.2, 0.25) is 0 Å². The Balaban J connectivity index is 1.42. The van der Waals surface area contributed by atoms with Crippen molar-refractivity contribution in [1.29, 1.82) is 0 Å². The molecule has 0 radical (unpaired) electrons. The van der Waals surface area contributed by atoms with Crippen molar-refractivity contribution in [3.05, 3.63) is 70.6 Å². The van der Waals surface area contributed by atoms with E-state index in [1.807, 2.05) is 24.3 Å². The first-order valence-corrected chi connectivity index (χ1v) is 11.4. The zero-order valence-electron chi connectivity index (χ0n) is 19.4. The standard InChI is InChI=1S/C26H23N5O6/c27-26-29-19-6-3-14-2-1-13(9-18(14)22(19)23(34)30-26)11-28-16-4-5-17-15(10-16)12-31(24(17)35)20(25(36)37)7-8-21(32)33/h1-6,9-10,12,20,28,35H,7-8,11H2,(H,32,33)(H,36,37)(H3,27,29,30,34). The zero-order valence-corrected chi connectivity index (χ0v) is 19.4. The molecule has 0 amide bonds. The fourth-order valence-electron chi connectivity index (χ4n) is 4.55. The summed E-state index contributed by atoms with van der Waals surface area (Å²) in [5.41, 5.74) is 7.52. The summed E-state index contributed by atoms with van der Waals surface area (Å²) in [4.78, 5) is 41.9. The molecule has 1 unspecified atom stereocenters. The third-order valence-electron chi connectivity index (χ3n) is 6.34. The van der Waals surface area contributed by atoms with E-state index in [9.17, 15) is 24.6 Å². The molecule has 0 fully saturated rings. The lowest BCUT2D eigenvalue weighted by atomic mass is 10.0. The van der Waals surface area contributed by atoms with E-state index in [2.05, 4.69) is 15.3 Å². The molecule has 7 N–H and O–H groups in total. The molecule has 37 heavy (non-hydrogen) atoms. The van der Waals surface area contributed by atoms with E-state index >= 15 is 0 Å². The molecule has 0 aliphatic heterocycles. The first-order chi connectivity index (χ1) is 17.7. The summed E-state index contributed by atoms with van der Waals surface area (Å²) in [6, 6.07) is 13.4. The Morgan fingerprint density at radius 3 is 2.59 bits per heavy atom. The number of H-pyrrole nitrogens is 1. The zero-order chi connectivity index (χ0) is 26.3. The Bertz CT molecular complexity index is 1760. The van der Waals surface area contributed by atoms with Crippen LogP contribution in [0.5, 0.6) is 5.88 Å². The van der Waals surface area contributed by atoms with Crippen LogP contribution in [0.1, 0.15) is 24.4 Å². The van der Waals surface area contributed by atoms with Gasteiger partial charge in [0, 0.05) is 35.6 Å². The Hall–Kier alpha value is -5.06. The van der Waals surface area contributed by atoms with Gasteiger partial charge in [0.05, 0.1) is 10.9 Å². The maximum Gasteiger partial charge on any atom is 0.326 e. The Morgan fingerprint density at radius 2 is 1.84 bits per heavy atom. The van der Waals surface area contributed by atoms with Gasteiger partial charge in [-0.1, -0.05) is 18.2 Å². The third-order valence-corrected chi connectivity index (χ3v) is 6.34. The Kier molecular flexibility index (Phi) is 5.88. The lowest BCUT2D eigenvalue weighted by molar-refractivity contribution is -0.142. The molecule has 0 aliphatic carbocycles. The predicted molar refractivity (Wildman–Crippen MR) is 139 cm³/mol. The summed E-state index contributed by atoms with van der Waals surface area (Å²) in [6.45, 7) is 0.432. The molecular weight excluding hydrogens is 478 g/mol. The van der Waals surface area contributed by atoms with Crippen molar-refractivity contribution in [1.82, 2.24) is 14.5 Å². The van der Waals surface area contributed by atoms with Crippen molar-refractivity contribution in [2.45, 2.75) is 25.4 Å². The molecule has 0 spiro atoms. The number of aromatic hydroxyl groups is 1. The number of aromatic amines is 1. The van der Waals surface area contributed by atoms with E-state index in [0.29, 0.717) is 28.2 Å². The van der Waals surface area contributed by atoms with Gasteiger partial charge in [-0.2, -0.15) is 0 Å². The highest BCUT2D eigenvalue weighted by Crippen LogP contribution is 2.33. The smallest absolute Gasteiger partial charge is 0.326 e. The van der Waals surface area contributed by atoms with Gasteiger partial charge in [0.1, 0.15) is 6.04 Å². The number of nitrogens with two attached hydrogens (primary N) is 1. The van der Waals surface area contributed by atoms with E-state index in [-0.39, 0.29) is 30.2 Å². The SMILES string of the molecule is Nc1nc2ccc3ccc(CNc4ccc5c(O)n(C(CCC(=O)O)C(=O)O)cc5c4)cc3c2c(=O)[nH]1. The van der Waals surface area contributed by atoms with Crippen molar-refractivity contribution in [2.75, 3.05) is 11.1 Å². The fourth-order valence-corrected chi connectivity index (χ4v) is 4.55. The molecule has 188 valence electrons. The average molecular weight is 501 g/mol. The van der Waals surface area contributed by atoms with E-state index in [0.717, 1.165) is 22.0 Å².